The summed E-state index contributed by atoms with van der Waals surface area (Å²) in [6.45, 7) is 9.36. The van der Waals surface area contributed by atoms with Gasteiger partial charge in [0.15, 0.2) is 0 Å². The summed E-state index contributed by atoms with van der Waals surface area (Å²) < 4.78 is 35.2. The van der Waals surface area contributed by atoms with Crippen molar-refractivity contribution < 1.29 is 23.1 Å². The first-order valence-corrected chi connectivity index (χ1v) is 13.0. The average Bonchev–Trinajstić information content (AvgIpc) is 3.18. The fraction of sp³-hybridized carbons (Fsp3) is 0.577. The highest BCUT2D eigenvalue weighted by Gasteiger charge is 2.20. The predicted octanol–water partition coefficient (Wildman–Crippen LogP) is 6.10. The Hall–Kier alpha value is -2.55. The van der Waals surface area contributed by atoms with Crippen LogP contribution in [0.4, 0.5) is 8.78 Å². The van der Waals surface area contributed by atoms with Crippen LogP contribution in [-0.4, -0.2) is 28.3 Å². The number of nitrogens with one attached hydrogen (secondary N) is 1. The van der Waals surface area contributed by atoms with E-state index >= 15 is 0 Å². The number of nitrogens with two attached hydrogens (primary N) is 1. The molecule has 1 fully saturated rings. The quantitative estimate of drug-likeness (QED) is 0.470. The zero-order chi connectivity index (χ0) is 26.4. The van der Waals surface area contributed by atoms with Crippen LogP contribution in [0.3, 0.4) is 0 Å². The summed E-state index contributed by atoms with van der Waals surface area (Å²) in [4.78, 5) is 22.5. The number of aryl methyl sites for hydroxylation is 1. The first-order chi connectivity index (χ1) is 16.6. The molecule has 1 saturated carbocycles. The van der Waals surface area contributed by atoms with Crippen molar-refractivity contribution >= 4 is 23.3 Å². The summed E-state index contributed by atoms with van der Waals surface area (Å²) in [6, 6.07) is 3.59. The molecule has 9 heteroatoms. The van der Waals surface area contributed by atoms with Crippen molar-refractivity contribution in [1.82, 2.24) is 9.69 Å². The van der Waals surface area contributed by atoms with Crippen molar-refractivity contribution in [3.63, 3.8) is 0 Å². The third-order valence-corrected chi connectivity index (χ3v) is 6.64. The predicted molar refractivity (Wildman–Crippen MR) is 137 cm³/mol. The fourth-order valence-corrected chi connectivity index (χ4v) is 4.44. The molecule has 196 valence electrons. The van der Waals surface area contributed by atoms with Gasteiger partial charge in [0.05, 0.1) is 6.10 Å². The summed E-state index contributed by atoms with van der Waals surface area (Å²) >= 11 is 1.46. The number of hydrogen-bond acceptors (Lipinski definition) is 5. The molecule has 2 amide bonds. The van der Waals surface area contributed by atoms with Gasteiger partial charge in [-0.15, -0.1) is 0 Å². The Morgan fingerprint density at radius 2 is 1.66 bits per heavy atom. The number of carbonyl (C=O) groups is 2. The Labute approximate surface area is 211 Å². The largest absolute Gasteiger partial charge is 0.490 e. The highest BCUT2D eigenvalue weighted by Crippen LogP contribution is 2.21. The number of hydrogen-bond donors (Lipinski definition) is 2. The summed E-state index contributed by atoms with van der Waals surface area (Å²) in [6.07, 6.45) is 8.66. The highest BCUT2D eigenvalue weighted by atomic mass is 32.1. The molecule has 0 aliphatic heterocycles. The zero-order valence-corrected chi connectivity index (χ0v) is 22.3. The smallest absolute Gasteiger partial charge is 0.271 e. The van der Waals surface area contributed by atoms with E-state index in [-0.39, 0.29) is 23.7 Å². The molecule has 1 aliphatic rings. The minimum Gasteiger partial charge on any atom is -0.490 e. The van der Waals surface area contributed by atoms with Crippen molar-refractivity contribution in [2.24, 2.45) is 5.73 Å². The summed E-state index contributed by atoms with van der Waals surface area (Å²) in [7, 11) is 0. The lowest BCUT2D eigenvalue weighted by molar-refractivity contribution is -0.115. The van der Waals surface area contributed by atoms with Gasteiger partial charge in [-0.25, -0.2) is 8.78 Å². The van der Waals surface area contributed by atoms with Gasteiger partial charge in [-0.2, -0.15) is 4.37 Å². The monoisotopic (exact) mass is 511 g/mol. The van der Waals surface area contributed by atoms with Crippen molar-refractivity contribution in [2.45, 2.75) is 98.1 Å². The third kappa shape index (κ3) is 11.6. The van der Waals surface area contributed by atoms with Crippen molar-refractivity contribution in [2.75, 3.05) is 0 Å². The molecular weight excluding hydrogens is 472 g/mol. The summed E-state index contributed by atoms with van der Waals surface area (Å²) in [5.41, 5.74) is 6.17. The lowest BCUT2D eigenvalue weighted by Crippen LogP contribution is -2.36. The van der Waals surface area contributed by atoms with Crippen LogP contribution in [-0.2, 0) is 11.2 Å². The molecule has 0 radical (unpaired) electrons. The van der Waals surface area contributed by atoms with Crippen LogP contribution in [0.2, 0.25) is 0 Å². The van der Waals surface area contributed by atoms with Crippen molar-refractivity contribution in [3.05, 3.63) is 46.0 Å². The normalized spacial score (nSPS) is 13.3. The van der Waals surface area contributed by atoms with E-state index < -0.39 is 11.6 Å². The topological polar surface area (TPSA) is 94.3 Å². The number of carbonyl (C=O) groups excluding carboxylic acids is 2. The van der Waals surface area contributed by atoms with Crippen LogP contribution in [0.15, 0.2) is 18.2 Å². The molecular formula is C26H39F2N3O3S. The van der Waals surface area contributed by atoms with Crippen molar-refractivity contribution in [3.8, 4) is 5.75 Å². The number of nitrogens with zero attached hydrogens (tertiary/aromatic N) is 1. The molecule has 0 atom stereocenters. The molecule has 35 heavy (non-hydrogen) atoms. The van der Waals surface area contributed by atoms with E-state index in [2.05, 4.69) is 22.3 Å². The second-order valence-electron chi connectivity index (χ2n) is 8.51. The molecule has 2 aromatic rings. The van der Waals surface area contributed by atoms with Gasteiger partial charge in [-0.05, 0) is 56.1 Å². The molecule has 6 nitrogen and oxygen atoms in total. The van der Waals surface area contributed by atoms with Crippen LogP contribution >= 0.6 is 11.5 Å². The van der Waals surface area contributed by atoms with Crippen LogP contribution in [0.5, 0.6) is 5.75 Å². The maximum atomic E-state index is 12.8. The van der Waals surface area contributed by atoms with E-state index in [1.807, 2.05) is 20.8 Å². The van der Waals surface area contributed by atoms with Gasteiger partial charge in [0, 0.05) is 36.0 Å². The zero-order valence-electron chi connectivity index (χ0n) is 21.5. The van der Waals surface area contributed by atoms with E-state index in [0.717, 1.165) is 43.7 Å². The second-order valence-corrected chi connectivity index (χ2v) is 9.37. The molecule has 1 heterocycles. The molecule has 3 rings (SSSR count). The fourth-order valence-electron chi connectivity index (χ4n) is 3.66. The van der Waals surface area contributed by atoms with Gasteiger partial charge < -0.3 is 15.8 Å². The standard InChI is InChI=1S/C13H20N2OS.C11H14F2O.C2H5NO/c1-3-11-9(2)12(15-17-11)13(16)14-10-7-5-4-6-8-10;1-3-10(4-2)14-11-6-8(12)5-9(13)7-11;1-2(3)4/h10H,3-8H2,1-2H3,(H,14,16);5-7,10H,3-4H2,1-2H3;1H3,(H2,3,4). The first-order valence-electron chi connectivity index (χ1n) is 12.3. The lowest BCUT2D eigenvalue weighted by Gasteiger charge is -2.22. The second kappa shape index (κ2) is 16.2. The molecule has 1 aromatic heterocycles. The van der Waals surface area contributed by atoms with Gasteiger partial charge in [-0.1, -0.05) is 40.0 Å². The Morgan fingerprint density at radius 3 is 2.11 bits per heavy atom. The maximum absolute atomic E-state index is 12.8. The van der Waals surface area contributed by atoms with Gasteiger partial charge in [0.25, 0.3) is 5.91 Å². The third-order valence-electron chi connectivity index (χ3n) is 5.55. The molecule has 0 saturated heterocycles. The van der Waals surface area contributed by atoms with Gasteiger partial charge >= 0.3 is 0 Å². The average molecular weight is 512 g/mol. The number of rotatable bonds is 7. The molecule has 1 aromatic carbocycles. The van der Waals surface area contributed by atoms with Crippen LogP contribution in [0.25, 0.3) is 0 Å². The number of halogens is 2. The van der Waals surface area contributed by atoms with Gasteiger partial charge in [0.2, 0.25) is 5.91 Å². The van der Waals surface area contributed by atoms with E-state index in [9.17, 15) is 18.4 Å². The maximum Gasteiger partial charge on any atom is 0.271 e. The van der Waals surface area contributed by atoms with E-state index in [1.54, 1.807) is 0 Å². The Morgan fingerprint density at radius 1 is 1.11 bits per heavy atom. The summed E-state index contributed by atoms with van der Waals surface area (Å²) in [5.74, 6) is -1.27. The molecule has 3 N–H and O–H groups in total. The van der Waals surface area contributed by atoms with Crippen molar-refractivity contribution in [1.29, 1.82) is 0 Å². The first kappa shape index (κ1) is 30.5. The Bertz CT molecular complexity index is 902. The molecule has 0 bridgehead atoms. The van der Waals surface area contributed by atoms with Crippen LogP contribution < -0.4 is 15.8 Å². The number of amides is 2. The number of benzene rings is 1. The minimum atomic E-state index is -0.606. The summed E-state index contributed by atoms with van der Waals surface area (Å²) in [5, 5.41) is 3.12. The van der Waals surface area contributed by atoms with Crippen LogP contribution in [0.1, 0.15) is 93.6 Å². The number of primary amides is 1. The molecule has 0 unspecified atom stereocenters. The van der Waals surface area contributed by atoms with Gasteiger partial charge in [0.1, 0.15) is 23.1 Å². The lowest BCUT2D eigenvalue weighted by atomic mass is 9.95. The Balaban J connectivity index is 0.000000309. The van der Waals surface area contributed by atoms with E-state index in [0.29, 0.717) is 11.7 Å². The van der Waals surface area contributed by atoms with Crippen LogP contribution in [0, 0.1) is 18.6 Å². The molecule has 1 aliphatic carbocycles. The highest BCUT2D eigenvalue weighted by molar-refractivity contribution is 7.06. The van der Waals surface area contributed by atoms with E-state index in [4.69, 9.17) is 4.74 Å². The van der Waals surface area contributed by atoms with E-state index in [1.165, 1.54) is 54.7 Å². The minimum absolute atomic E-state index is 0.0188. The number of ether oxygens (including phenoxy) is 1. The molecule has 0 spiro atoms. The SMILES string of the molecule is CC(N)=O.CCC(CC)Oc1cc(F)cc(F)c1.CCc1snc(C(=O)NC2CCCCC2)c1C. The number of aromatic nitrogens is 1. The van der Waals surface area contributed by atoms with Gasteiger partial charge in [-0.3, -0.25) is 9.59 Å². The Kier molecular flexibility index (Phi) is 14.1.